The molecule has 6 nitrogen and oxygen atoms in total. The standard InChI is InChI=1S/C15H17N2O4/c16-15(18)14-10-11-9-12(1-2-13(11)21-14)20-8-5-17-3-6-19-7-4-17/h1-2,9-10,16H,3-8H2. The molecule has 111 valence electrons. The monoisotopic (exact) mass is 289 g/mol. The molecule has 1 aromatic heterocycles. The number of nitrogens with zero attached hydrogens (tertiary/aromatic N) is 1. The Kier molecular flexibility index (Phi) is 4.08. The van der Waals surface area contributed by atoms with Crippen molar-refractivity contribution in [1.82, 2.24) is 10.6 Å². The predicted molar refractivity (Wildman–Crippen MR) is 76.4 cm³/mol. The molecule has 1 aliphatic heterocycles. The van der Waals surface area contributed by atoms with Gasteiger partial charge >= 0.3 is 5.91 Å². The highest BCUT2D eigenvalue weighted by atomic mass is 16.5. The largest absolute Gasteiger partial charge is 0.492 e. The molecule has 1 aliphatic rings. The Morgan fingerprint density at radius 3 is 2.86 bits per heavy atom. The lowest BCUT2D eigenvalue weighted by Crippen LogP contribution is -2.38. The van der Waals surface area contributed by atoms with Gasteiger partial charge in [0.15, 0.2) is 5.76 Å². The molecule has 3 rings (SSSR count). The van der Waals surface area contributed by atoms with Gasteiger partial charge in [-0.15, -0.1) is 0 Å². The van der Waals surface area contributed by atoms with Gasteiger partial charge in [0, 0.05) is 25.0 Å². The lowest BCUT2D eigenvalue weighted by Gasteiger charge is -2.26. The van der Waals surface area contributed by atoms with Crippen molar-refractivity contribution in [3.05, 3.63) is 30.0 Å². The highest BCUT2D eigenvalue weighted by molar-refractivity contribution is 5.94. The van der Waals surface area contributed by atoms with Crippen molar-refractivity contribution >= 4 is 16.9 Å². The summed E-state index contributed by atoms with van der Waals surface area (Å²) in [5.74, 6) is -0.0306. The van der Waals surface area contributed by atoms with Crippen LogP contribution < -0.4 is 10.5 Å². The Hall–Kier alpha value is -2.05. The Morgan fingerprint density at radius 2 is 2.10 bits per heavy atom. The molecule has 1 saturated heterocycles. The first-order chi connectivity index (χ1) is 10.2. The molecule has 1 fully saturated rings. The maximum atomic E-state index is 11.0. The van der Waals surface area contributed by atoms with E-state index in [1.807, 2.05) is 12.1 Å². The van der Waals surface area contributed by atoms with Crippen LogP contribution in [0.3, 0.4) is 0 Å². The number of fused-ring (bicyclic) bond motifs is 1. The fourth-order valence-corrected chi connectivity index (χ4v) is 2.34. The average molecular weight is 289 g/mol. The topological polar surface area (TPSA) is 75.7 Å². The van der Waals surface area contributed by atoms with E-state index < -0.39 is 5.91 Å². The van der Waals surface area contributed by atoms with Crippen molar-refractivity contribution in [3.8, 4) is 5.75 Å². The Bertz CT molecular complexity index is 632. The molecule has 2 heterocycles. The third-order valence-corrected chi connectivity index (χ3v) is 3.49. The van der Waals surface area contributed by atoms with E-state index in [0.29, 0.717) is 12.2 Å². The molecule has 0 aliphatic carbocycles. The van der Waals surface area contributed by atoms with E-state index in [-0.39, 0.29) is 5.76 Å². The minimum atomic E-state index is -0.819. The normalized spacial score (nSPS) is 16.2. The minimum absolute atomic E-state index is 0.0514. The number of rotatable bonds is 5. The molecule has 0 bridgehead atoms. The van der Waals surface area contributed by atoms with Crippen molar-refractivity contribution in [2.24, 2.45) is 0 Å². The van der Waals surface area contributed by atoms with Crippen molar-refractivity contribution in [3.63, 3.8) is 0 Å². The summed E-state index contributed by atoms with van der Waals surface area (Å²) in [6, 6.07) is 6.96. The summed E-state index contributed by atoms with van der Waals surface area (Å²) in [4.78, 5) is 13.3. The zero-order valence-corrected chi connectivity index (χ0v) is 11.6. The fourth-order valence-electron chi connectivity index (χ4n) is 2.34. The number of carbonyl (C=O) groups excluding carboxylic acids is 1. The fraction of sp³-hybridized carbons (Fsp3) is 0.400. The molecule has 0 spiro atoms. The summed E-state index contributed by atoms with van der Waals surface area (Å²) < 4.78 is 16.3. The first-order valence-corrected chi connectivity index (χ1v) is 6.95. The third kappa shape index (κ3) is 3.34. The van der Waals surface area contributed by atoms with Gasteiger partial charge in [0.1, 0.15) is 17.9 Å². The number of amides is 1. The highest BCUT2D eigenvalue weighted by Gasteiger charge is 2.11. The SMILES string of the molecule is [NH]C(=O)c1cc2cc(OCCN3CCOCC3)ccc2o1. The number of carbonyl (C=O) groups is 1. The molecule has 21 heavy (non-hydrogen) atoms. The molecule has 1 amide bonds. The number of nitrogens with one attached hydrogen (secondary N) is 1. The molecule has 0 atom stereocenters. The summed E-state index contributed by atoms with van der Waals surface area (Å²) in [5.41, 5.74) is 7.64. The number of ether oxygens (including phenoxy) is 2. The van der Waals surface area contributed by atoms with E-state index in [1.165, 1.54) is 0 Å². The molecule has 1 aromatic carbocycles. The van der Waals surface area contributed by atoms with Crippen molar-refractivity contribution in [2.45, 2.75) is 0 Å². The van der Waals surface area contributed by atoms with Gasteiger partial charge in [-0.25, -0.2) is 0 Å². The second-order valence-corrected chi connectivity index (χ2v) is 4.94. The van der Waals surface area contributed by atoms with Gasteiger partial charge in [0.2, 0.25) is 0 Å². The lowest BCUT2D eigenvalue weighted by atomic mass is 10.2. The van der Waals surface area contributed by atoms with Crippen LogP contribution in [0.4, 0.5) is 0 Å². The van der Waals surface area contributed by atoms with E-state index in [0.717, 1.165) is 44.0 Å². The maximum absolute atomic E-state index is 11.0. The number of hydrogen-bond acceptors (Lipinski definition) is 5. The lowest BCUT2D eigenvalue weighted by molar-refractivity contribution is 0.0322. The van der Waals surface area contributed by atoms with Gasteiger partial charge < -0.3 is 13.9 Å². The van der Waals surface area contributed by atoms with Crippen molar-refractivity contribution < 1.29 is 18.7 Å². The first kappa shape index (κ1) is 13.9. The summed E-state index contributed by atoms with van der Waals surface area (Å²) >= 11 is 0. The molecule has 6 heteroatoms. The van der Waals surface area contributed by atoms with Gasteiger partial charge in [0.05, 0.1) is 13.2 Å². The van der Waals surface area contributed by atoms with Crippen LogP contribution in [0.5, 0.6) is 5.75 Å². The highest BCUT2D eigenvalue weighted by Crippen LogP contribution is 2.24. The van der Waals surface area contributed by atoms with Crippen LogP contribution in [-0.4, -0.2) is 50.3 Å². The number of morpholine rings is 1. The molecule has 1 N–H and O–H groups in total. The van der Waals surface area contributed by atoms with Gasteiger partial charge in [-0.1, -0.05) is 0 Å². The summed E-state index contributed by atoms with van der Waals surface area (Å²) in [6.45, 7) is 4.92. The van der Waals surface area contributed by atoms with Crippen LogP contribution in [0.15, 0.2) is 28.7 Å². The van der Waals surface area contributed by atoms with Gasteiger partial charge in [-0.05, 0) is 24.3 Å². The van der Waals surface area contributed by atoms with E-state index in [2.05, 4.69) is 4.90 Å². The molecule has 1 radical (unpaired) electrons. The van der Waals surface area contributed by atoms with Crippen LogP contribution in [0.2, 0.25) is 0 Å². The van der Waals surface area contributed by atoms with E-state index in [4.69, 9.17) is 19.6 Å². The number of furan rings is 1. The van der Waals surface area contributed by atoms with Crippen LogP contribution in [0, 0.1) is 0 Å². The molecule has 2 aromatic rings. The smallest absolute Gasteiger partial charge is 0.305 e. The molecular formula is C15H17N2O4. The average Bonchev–Trinajstić information content (AvgIpc) is 2.92. The Balaban J connectivity index is 1.60. The Labute approximate surface area is 122 Å². The number of hydrogen-bond donors (Lipinski definition) is 0. The second-order valence-electron chi connectivity index (χ2n) is 4.94. The zero-order chi connectivity index (χ0) is 14.7. The quantitative estimate of drug-likeness (QED) is 0.835. The van der Waals surface area contributed by atoms with Gasteiger partial charge in [-0.2, -0.15) is 0 Å². The van der Waals surface area contributed by atoms with E-state index >= 15 is 0 Å². The van der Waals surface area contributed by atoms with E-state index in [1.54, 1.807) is 12.1 Å². The Morgan fingerprint density at radius 1 is 1.29 bits per heavy atom. The molecule has 0 saturated carbocycles. The summed E-state index contributed by atoms with van der Waals surface area (Å²) in [7, 11) is 0. The second kappa shape index (κ2) is 6.15. The van der Waals surface area contributed by atoms with Crippen molar-refractivity contribution in [1.29, 1.82) is 0 Å². The van der Waals surface area contributed by atoms with Crippen molar-refractivity contribution in [2.75, 3.05) is 39.5 Å². The summed E-state index contributed by atoms with van der Waals surface area (Å²) in [6.07, 6.45) is 0. The van der Waals surface area contributed by atoms with E-state index in [9.17, 15) is 4.79 Å². The zero-order valence-electron chi connectivity index (χ0n) is 11.6. The van der Waals surface area contributed by atoms with Gasteiger partial charge in [0.25, 0.3) is 0 Å². The molecule has 0 unspecified atom stereocenters. The van der Waals surface area contributed by atoms with Gasteiger partial charge in [-0.3, -0.25) is 15.4 Å². The molecular weight excluding hydrogens is 272 g/mol. The first-order valence-electron chi connectivity index (χ1n) is 6.95. The number of benzene rings is 1. The van der Waals surface area contributed by atoms with Crippen LogP contribution in [-0.2, 0) is 4.74 Å². The maximum Gasteiger partial charge on any atom is 0.305 e. The predicted octanol–water partition coefficient (Wildman–Crippen LogP) is 1.57. The van der Waals surface area contributed by atoms with Crippen LogP contribution in [0.1, 0.15) is 10.6 Å². The summed E-state index contributed by atoms with van der Waals surface area (Å²) in [5, 5.41) is 0.773. The van der Waals surface area contributed by atoms with Crippen LogP contribution in [0.25, 0.3) is 11.0 Å². The van der Waals surface area contributed by atoms with Crippen LogP contribution >= 0.6 is 0 Å². The third-order valence-electron chi connectivity index (χ3n) is 3.49. The minimum Gasteiger partial charge on any atom is -0.492 e.